The van der Waals surface area contributed by atoms with Crippen molar-refractivity contribution in [2.75, 3.05) is 19.6 Å². The van der Waals surface area contributed by atoms with E-state index in [1.54, 1.807) is 5.56 Å². The van der Waals surface area contributed by atoms with Gasteiger partial charge in [0.25, 0.3) is 0 Å². The van der Waals surface area contributed by atoms with Crippen LogP contribution in [0.1, 0.15) is 45.1 Å². The van der Waals surface area contributed by atoms with Gasteiger partial charge in [0.15, 0.2) is 0 Å². The molecule has 1 saturated heterocycles. The summed E-state index contributed by atoms with van der Waals surface area (Å²) in [7, 11) is 0. The second-order valence-corrected chi connectivity index (χ2v) is 7.90. The molecule has 1 nitrogen and oxygen atoms in total. The lowest BCUT2D eigenvalue weighted by Crippen LogP contribution is -2.42. The summed E-state index contributed by atoms with van der Waals surface area (Å²) in [5.41, 5.74) is 2.22. The van der Waals surface area contributed by atoms with Crippen LogP contribution >= 0.6 is 11.8 Å². The summed E-state index contributed by atoms with van der Waals surface area (Å²) in [6.07, 6.45) is 6.81. The zero-order valence-corrected chi connectivity index (χ0v) is 13.7. The number of rotatable bonds is 4. The van der Waals surface area contributed by atoms with Crippen molar-refractivity contribution in [3.63, 3.8) is 0 Å². The standard InChI is InChI=1S/C18H27NS/c1-3-18(4-2)9-11-19(12-10-18)14-16-13-15-7-5-6-8-17(15)20-16/h5-8,16H,3-4,9-14H2,1-2H3. The van der Waals surface area contributed by atoms with E-state index >= 15 is 0 Å². The van der Waals surface area contributed by atoms with Gasteiger partial charge in [0, 0.05) is 16.7 Å². The Hall–Kier alpha value is -0.470. The topological polar surface area (TPSA) is 3.24 Å². The molecule has 1 fully saturated rings. The van der Waals surface area contributed by atoms with Crippen LogP contribution in [0.4, 0.5) is 0 Å². The van der Waals surface area contributed by atoms with E-state index in [0.29, 0.717) is 5.41 Å². The van der Waals surface area contributed by atoms with Crippen LogP contribution in [0.25, 0.3) is 0 Å². The van der Waals surface area contributed by atoms with Crippen LogP contribution in [-0.2, 0) is 6.42 Å². The molecule has 0 spiro atoms. The van der Waals surface area contributed by atoms with Crippen LogP contribution in [0, 0.1) is 5.41 Å². The highest BCUT2D eigenvalue weighted by atomic mass is 32.2. The zero-order chi connectivity index (χ0) is 14.0. The highest BCUT2D eigenvalue weighted by Crippen LogP contribution is 2.40. The number of piperidine rings is 1. The van der Waals surface area contributed by atoms with E-state index in [-0.39, 0.29) is 0 Å². The predicted octanol–water partition coefficient (Wildman–Crippen LogP) is 4.61. The molecule has 2 aliphatic heterocycles. The minimum absolute atomic E-state index is 0.655. The lowest BCUT2D eigenvalue weighted by Gasteiger charge is -2.41. The zero-order valence-electron chi connectivity index (χ0n) is 12.9. The molecule has 0 radical (unpaired) electrons. The summed E-state index contributed by atoms with van der Waals surface area (Å²) in [5.74, 6) is 0. The third-order valence-corrected chi connectivity index (χ3v) is 6.89. The number of benzene rings is 1. The van der Waals surface area contributed by atoms with Crippen molar-refractivity contribution in [2.45, 2.75) is 56.1 Å². The third-order valence-electron chi connectivity index (χ3n) is 5.59. The van der Waals surface area contributed by atoms with Gasteiger partial charge in [0.1, 0.15) is 0 Å². The van der Waals surface area contributed by atoms with Crippen LogP contribution in [0.15, 0.2) is 29.2 Å². The second kappa shape index (κ2) is 6.11. The van der Waals surface area contributed by atoms with Gasteiger partial charge >= 0.3 is 0 Å². The molecule has 0 aliphatic carbocycles. The lowest BCUT2D eigenvalue weighted by molar-refractivity contribution is 0.0959. The smallest absolute Gasteiger partial charge is 0.0263 e. The molecule has 1 atom stereocenters. The van der Waals surface area contributed by atoms with Gasteiger partial charge in [0.05, 0.1) is 0 Å². The molecule has 1 unspecified atom stereocenters. The minimum atomic E-state index is 0.655. The van der Waals surface area contributed by atoms with Crippen molar-refractivity contribution >= 4 is 11.8 Å². The van der Waals surface area contributed by atoms with Crippen LogP contribution < -0.4 is 0 Å². The van der Waals surface area contributed by atoms with Gasteiger partial charge in [-0.1, -0.05) is 44.9 Å². The second-order valence-electron chi connectivity index (χ2n) is 6.56. The molecule has 110 valence electrons. The van der Waals surface area contributed by atoms with E-state index in [1.807, 2.05) is 0 Å². The van der Waals surface area contributed by atoms with Crippen LogP contribution in [0.5, 0.6) is 0 Å². The highest BCUT2D eigenvalue weighted by molar-refractivity contribution is 8.00. The minimum Gasteiger partial charge on any atom is -0.302 e. The fourth-order valence-corrected chi connectivity index (χ4v) is 5.18. The number of nitrogens with zero attached hydrogens (tertiary/aromatic N) is 1. The fraction of sp³-hybridized carbons (Fsp3) is 0.667. The molecule has 0 aromatic heterocycles. The molecule has 1 aromatic rings. The van der Waals surface area contributed by atoms with E-state index < -0.39 is 0 Å². The molecule has 0 bridgehead atoms. The molecular weight excluding hydrogens is 262 g/mol. The summed E-state index contributed by atoms with van der Waals surface area (Å²) in [4.78, 5) is 4.23. The fourth-order valence-electron chi connectivity index (χ4n) is 3.81. The van der Waals surface area contributed by atoms with E-state index in [2.05, 4.69) is 54.8 Å². The summed E-state index contributed by atoms with van der Waals surface area (Å²) in [6, 6.07) is 8.94. The van der Waals surface area contributed by atoms with Crippen molar-refractivity contribution < 1.29 is 0 Å². The highest BCUT2D eigenvalue weighted by Gasteiger charge is 2.32. The Morgan fingerprint density at radius 1 is 1.15 bits per heavy atom. The van der Waals surface area contributed by atoms with Crippen molar-refractivity contribution in [1.29, 1.82) is 0 Å². The van der Waals surface area contributed by atoms with Crippen molar-refractivity contribution in [1.82, 2.24) is 4.90 Å². The molecule has 1 aromatic carbocycles. The van der Waals surface area contributed by atoms with Crippen molar-refractivity contribution in [3.05, 3.63) is 29.8 Å². The maximum Gasteiger partial charge on any atom is 0.0263 e. The Kier molecular flexibility index (Phi) is 4.42. The normalized spacial score (nSPS) is 25.6. The van der Waals surface area contributed by atoms with Gasteiger partial charge in [0.2, 0.25) is 0 Å². The Balaban J connectivity index is 1.52. The van der Waals surface area contributed by atoms with Gasteiger partial charge in [-0.3, -0.25) is 0 Å². The number of thioether (sulfide) groups is 1. The van der Waals surface area contributed by atoms with Gasteiger partial charge in [-0.25, -0.2) is 0 Å². The molecule has 2 heteroatoms. The average molecular weight is 289 g/mol. The van der Waals surface area contributed by atoms with E-state index in [4.69, 9.17) is 0 Å². The first-order valence-electron chi connectivity index (χ1n) is 8.21. The first kappa shape index (κ1) is 14.5. The molecule has 2 heterocycles. The van der Waals surface area contributed by atoms with E-state index in [1.165, 1.54) is 56.6 Å². The van der Waals surface area contributed by atoms with Gasteiger partial charge in [-0.05, 0) is 49.4 Å². The molecule has 3 rings (SSSR count). The number of hydrogen-bond acceptors (Lipinski definition) is 2. The molecule has 0 saturated carbocycles. The van der Waals surface area contributed by atoms with Crippen molar-refractivity contribution in [3.8, 4) is 0 Å². The van der Waals surface area contributed by atoms with Crippen LogP contribution in [-0.4, -0.2) is 29.8 Å². The number of likely N-dealkylation sites (tertiary alicyclic amines) is 1. The lowest BCUT2D eigenvalue weighted by atomic mass is 9.74. The van der Waals surface area contributed by atoms with Gasteiger partial charge in [-0.15, -0.1) is 11.8 Å². The van der Waals surface area contributed by atoms with Gasteiger partial charge < -0.3 is 4.90 Å². The Morgan fingerprint density at radius 2 is 1.85 bits per heavy atom. The van der Waals surface area contributed by atoms with Crippen LogP contribution in [0.2, 0.25) is 0 Å². The molecule has 2 aliphatic rings. The largest absolute Gasteiger partial charge is 0.302 e. The van der Waals surface area contributed by atoms with Crippen LogP contribution in [0.3, 0.4) is 0 Å². The number of hydrogen-bond donors (Lipinski definition) is 0. The summed E-state index contributed by atoms with van der Waals surface area (Å²) < 4.78 is 0. The first-order valence-corrected chi connectivity index (χ1v) is 9.09. The van der Waals surface area contributed by atoms with E-state index in [9.17, 15) is 0 Å². The first-order chi connectivity index (χ1) is 9.74. The predicted molar refractivity (Wildman–Crippen MR) is 88.5 cm³/mol. The Morgan fingerprint density at radius 3 is 2.50 bits per heavy atom. The maximum atomic E-state index is 2.72. The summed E-state index contributed by atoms with van der Waals surface area (Å²) >= 11 is 2.10. The van der Waals surface area contributed by atoms with Gasteiger partial charge in [-0.2, -0.15) is 0 Å². The summed E-state index contributed by atoms with van der Waals surface area (Å²) in [5, 5.41) is 0.781. The monoisotopic (exact) mass is 289 g/mol. The maximum absolute atomic E-state index is 2.72. The Bertz CT molecular complexity index is 417. The molecular formula is C18H27NS. The summed E-state index contributed by atoms with van der Waals surface area (Å²) in [6.45, 7) is 8.66. The number of fused-ring (bicyclic) bond motifs is 1. The quantitative estimate of drug-likeness (QED) is 0.796. The molecule has 0 N–H and O–H groups in total. The Labute approximate surface area is 128 Å². The molecule has 0 amide bonds. The third kappa shape index (κ3) is 2.92. The SMILES string of the molecule is CCC1(CC)CCN(CC2Cc3ccccc3S2)CC1. The van der Waals surface area contributed by atoms with E-state index in [0.717, 1.165) is 5.25 Å². The van der Waals surface area contributed by atoms with Crippen molar-refractivity contribution in [2.24, 2.45) is 5.41 Å². The molecule has 20 heavy (non-hydrogen) atoms. The average Bonchev–Trinajstić information content (AvgIpc) is 2.90.